The highest BCUT2D eigenvalue weighted by Crippen LogP contribution is 2.10. The number of nitrogen functional groups attached to an aromatic ring is 1. The summed E-state index contributed by atoms with van der Waals surface area (Å²) in [6.07, 6.45) is 2.06. The minimum absolute atomic E-state index is 0.134. The van der Waals surface area contributed by atoms with Gasteiger partial charge in [0, 0.05) is 24.2 Å². The third-order valence-corrected chi connectivity index (χ3v) is 2.47. The number of nitrogens with one attached hydrogen (secondary N) is 2. The van der Waals surface area contributed by atoms with Gasteiger partial charge in [-0.15, -0.1) is 0 Å². The monoisotopic (exact) mass is 245 g/mol. The second-order valence-electron chi connectivity index (χ2n) is 4.07. The van der Waals surface area contributed by atoms with Crippen molar-refractivity contribution in [1.82, 2.24) is 20.5 Å². The molecule has 1 aromatic carbocycles. The molecule has 0 atom stereocenters. The lowest BCUT2D eigenvalue weighted by molar-refractivity contribution is 0.0954. The minimum Gasteiger partial charge on any atom is -0.399 e. The van der Waals surface area contributed by atoms with Gasteiger partial charge in [0.15, 0.2) is 0 Å². The number of nitrogens with two attached hydrogens (primary N) is 1. The van der Waals surface area contributed by atoms with E-state index in [-0.39, 0.29) is 5.91 Å². The van der Waals surface area contributed by atoms with Crippen LogP contribution >= 0.6 is 0 Å². The molecule has 0 bridgehead atoms. The first kappa shape index (κ1) is 12.1. The molecule has 18 heavy (non-hydrogen) atoms. The molecule has 4 N–H and O–H groups in total. The zero-order chi connectivity index (χ0) is 13.0. The number of amides is 1. The lowest BCUT2D eigenvalue weighted by atomic mass is 10.1. The van der Waals surface area contributed by atoms with Crippen molar-refractivity contribution >= 4 is 11.6 Å². The quantitative estimate of drug-likeness (QED) is 0.689. The maximum absolute atomic E-state index is 11.9. The van der Waals surface area contributed by atoms with Crippen LogP contribution in [0, 0.1) is 6.92 Å². The fourth-order valence-electron chi connectivity index (χ4n) is 1.69. The molecule has 0 saturated carbocycles. The summed E-state index contributed by atoms with van der Waals surface area (Å²) in [7, 11) is 0. The van der Waals surface area contributed by atoms with E-state index >= 15 is 0 Å². The Balaban J connectivity index is 1.91. The Morgan fingerprint density at radius 1 is 1.44 bits per heavy atom. The Hall–Kier alpha value is -2.37. The Bertz CT molecular complexity index is 515. The maximum atomic E-state index is 11.9. The van der Waals surface area contributed by atoms with Crippen LogP contribution in [0.2, 0.25) is 0 Å². The van der Waals surface area contributed by atoms with E-state index in [4.69, 9.17) is 5.73 Å². The summed E-state index contributed by atoms with van der Waals surface area (Å²) in [6, 6.07) is 5.29. The number of anilines is 1. The van der Waals surface area contributed by atoms with Crippen LogP contribution in [0.25, 0.3) is 0 Å². The number of aromatic amines is 1. The van der Waals surface area contributed by atoms with Gasteiger partial charge in [-0.3, -0.25) is 9.89 Å². The van der Waals surface area contributed by atoms with Gasteiger partial charge < -0.3 is 11.1 Å². The van der Waals surface area contributed by atoms with Crippen molar-refractivity contribution in [2.24, 2.45) is 0 Å². The summed E-state index contributed by atoms with van der Waals surface area (Å²) in [5, 5.41) is 9.28. The van der Waals surface area contributed by atoms with E-state index in [0.29, 0.717) is 24.2 Å². The fraction of sp³-hybridized carbons (Fsp3) is 0.250. The Morgan fingerprint density at radius 3 is 2.94 bits per heavy atom. The van der Waals surface area contributed by atoms with Gasteiger partial charge >= 0.3 is 0 Å². The smallest absolute Gasteiger partial charge is 0.251 e. The summed E-state index contributed by atoms with van der Waals surface area (Å²) in [5.74, 6) is 0.615. The van der Waals surface area contributed by atoms with Crippen LogP contribution in [0.15, 0.2) is 24.5 Å². The highest BCUT2D eigenvalue weighted by molar-refractivity contribution is 5.95. The molecule has 1 aromatic heterocycles. The summed E-state index contributed by atoms with van der Waals surface area (Å²) < 4.78 is 0. The van der Waals surface area contributed by atoms with Gasteiger partial charge in [-0.05, 0) is 30.7 Å². The lowest BCUT2D eigenvalue weighted by Gasteiger charge is -2.06. The second-order valence-corrected chi connectivity index (χ2v) is 4.07. The molecule has 0 unspecified atom stereocenters. The molecule has 0 fully saturated rings. The topological polar surface area (TPSA) is 96.7 Å². The van der Waals surface area contributed by atoms with Crippen molar-refractivity contribution < 1.29 is 4.79 Å². The first-order valence-corrected chi connectivity index (χ1v) is 5.65. The van der Waals surface area contributed by atoms with E-state index in [1.54, 1.807) is 12.1 Å². The van der Waals surface area contributed by atoms with Gasteiger partial charge in [-0.25, -0.2) is 4.98 Å². The lowest BCUT2D eigenvalue weighted by Crippen LogP contribution is -2.26. The summed E-state index contributed by atoms with van der Waals surface area (Å²) in [4.78, 5) is 15.8. The molecule has 6 heteroatoms. The molecule has 2 rings (SSSR count). The standard InChI is InChI=1S/C12H15N5O/c1-8-4-9(6-10(13)5-8)12(18)14-3-2-11-15-7-16-17-11/h4-7H,2-3,13H2,1H3,(H,14,18)(H,15,16,17). The van der Waals surface area contributed by atoms with Crippen LogP contribution in [0.3, 0.4) is 0 Å². The Kier molecular flexibility index (Phi) is 3.57. The average molecular weight is 245 g/mol. The van der Waals surface area contributed by atoms with Crippen LogP contribution in [-0.2, 0) is 6.42 Å². The van der Waals surface area contributed by atoms with Crippen molar-refractivity contribution in [1.29, 1.82) is 0 Å². The van der Waals surface area contributed by atoms with Crippen molar-refractivity contribution in [3.63, 3.8) is 0 Å². The molecule has 6 nitrogen and oxygen atoms in total. The number of H-pyrrole nitrogens is 1. The number of hydrogen-bond acceptors (Lipinski definition) is 4. The molecule has 0 saturated heterocycles. The Morgan fingerprint density at radius 2 is 2.28 bits per heavy atom. The highest BCUT2D eigenvalue weighted by Gasteiger charge is 2.06. The van der Waals surface area contributed by atoms with Gasteiger partial charge in [-0.2, -0.15) is 5.10 Å². The first-order chi connectivity index (χ1) is 8.65. The number of carbonyl (C=O) groups excluding carboxylic acids is 1. The van der Waals surface area contributed by atoms with Gasteiger partial charge in [0.1, 0.15) is 12.2 Å². The van der Waals surface area contributed by atoms with E-state index < -0.39 is 0 Å². The van der Waals surface area contributed by atoms with Gasteiger partial charge in [0.05, 0.1) is 0 Å². The second kappa shape index (κ2) is 5.31. The van der Waals surface area contributed by atoms with Crippen LogP contribution in [-0.4, -0.2) is 27.6 Å². The predicted octanol–water partition coefficient (Wildman–Crippen LogP) is 0.668. The molecular formula is C12H15N5O. The normalized spacial score (nSPS) is 10.3. The zero-order valence-electron chi connectivity index (χ0n) is 10.1. The number of rotatable bonds is 4. The van der Waals surface area contributed by atoms with E-state index in [1.807, 2.05) is 13.0 Å². The molecule has 1 amide bonds. The van der Waals surface area contributed by atoms with Crippen molar-refractivity contribution in [3.05, 3.63) is 41.5 Å². The number of aryl methyl sites for hydroxylation is 1. The molecule has 0 radical (unpaired) electrons. The molecule has 0 aliphatic heterocycles. The molecule has 94 valence electrons. The maximum Gasteiger partial charge on any atom is 0.251 e. The van der Waals surface area contributed by atoms with Crippen molar-refractivity contribution in [2.75, 3.05) is 12.3 Å². The van der Waals surface area contributed by atoms with Crippen LogP contribution in [0.1, 0.15) is 21.7 Å². The van der Waals surface area contributed by atoms with Crippen LogP contribution < -0.4 is 11.1 Å². The predicted molar refractivity (Wildman–Crippen MR) is 68.0 cm³/mol. The number of benzene rings is 1. The molecule has 1 heterocycles. The fourth-order valence-corrected chi connectivity index (χ4v) is 1.69. The van der Waals surface area contributed by atoms with Crippen molar-refractivity contribution in [3.8, 4) is 0 Å². The molecule has 0 spiro atoms. The molecule has 0 aliphatic carbocycles. The van der Waals surface area contributed by atoms with E-state index in [2.05, 4.69) is 20.5 Å². The summed E-state index contributed by atoms with van der Waals surface area (Å²) in [5.41, 5.74) is 7.83. The molecular weight excluding hydrogens is 230 g/mol. The number of aromatic nitrogens is 3. The van der Waals surface area contributed by atoms with Crippen LogP contribution in [0.4, 0.5) is 5.69 Å². The summed E-state index contributed by atoms with van der Waals surface area (Å²) >= 11 is 0. The van der Waals surface area contributed by atoms with E-state index in [9.17, 15) is 4.79 Å². The number of carbonyl (C=O) groups is 1. The minimum atomic E-state index is -0.134. The van der Waals surface area contributed by atoms with Crippen molar-refractivity contribution in [2.45, 2.75) is 13.3 Å². The third kappa shape index (κ3) is 3.07. The van der Waals surface area contributed by atoms with Gasteiger partial charge in [-0.1, -0.05) is 0 Å². The average Bonchev–Trinajstić information content (AvgIpc) is 2.80. The van der Waals surface area contributed by atoms with Gasteiger partial charge in [0.2, 0.25) is 0 Å². The highest BCUT2D eigenvalue weighted by atomic mass is 16.1. The van der Waals surface area contributed by atoms with E-state index in [0.717, 1.165) is 11.4 Å². The largest absolute Gasteiger partial charge is 0.399 e. The molecule has 2 aromatic rings. The number of hydrogen-bond donors (Lipinski definition) is 3. The zero-order valence-corrected chi connectivity index (χ0v) is 10.1. The SMILES string of the molecule is Cc1cc(N)cc(C(=O)NCCc2ncn[nH]2)c1. The Labute approximate surface area is 105 Å². The van der Waals surface area contributed by atoms with Crippen LogP contribution in [0.5, 0.6) is 0 Å². The van der Waals surface area contributed by atoms with E-state index in [1.165, 1.54) is 6.33 Å². The van der Waals surface area contributed by atoms with Gasteiger partial charge in [0.25, 0.3) is 5.91 Å². The first-order valence-electron chi connectivity index (χ1n) is 5.65. The summed E-state index contributed by atoms with van der Waals surface area (Å²) in [6.45, 7) is 2.41. The molecule has 0 aliphatic rings. The number of nitrogens with zero attached hydrogens (tertiary/aromatic N) is 2. The third-order valence-electron chi connectivity index (χ3n) is 2.47.